The summed E-state index contributed by atoms with van der Waals surface area (Å²) in [6, 6.07) is 18.3. The van der Waals surface area contributed by atoms with Gasteiger partial charge >= 0.3 is 0 Å². The Balaban J connectivity index is 2.08. The molecule has 0 saturated carbocycles. The number of nitrogens with one attached hydrogen (secondary N) is 1. The highest BCUT2D eigenvalue weighted by molar-refractivity contribution is 6.04. The van der Waals surface area contributed by atoms with E-state index in [-0.39, 0.29) is 0 Å². The lowest BCUT2D eigenvalue weighted by Crippen LogP contribution is -3.06. The molecular weight excluding hydrogens is 414 g/mol. The van der Waals surface area contributed by atoms with E-state index in [4.69, 9.17) is 0 Å². The Bertz CT molecular complexity index is 963. The maximum Gasteiger partial charge on any atom is 0.199 e. The summed E-state index contributed by atoms with van der Waals surface area (Å²) in [4.78, 5) is 3.91. The lowest BCUT2D eigenvalue weighted by atomic mass is 9.90. The van der Waals surface area contributed by atoms with Crippen molar-refractivity contribution in [2.45, 2.75) is 41.5 Å². The summed E-state index contributed by atoms with van der Waals surface area (Å²) >= 11 is 0. The van der Waals surface area contributed by atoms with Crippen LogP contribution in [0.4, 0.5) is 11.4 Å². The average molecular weight is 458 g/mol. The van der Waals surface area contributed by atoms with Crippen LogP contribution >= 0.6 is 0 Å². The molecule has 2 aromatic carbocycles. The van der Waals surface area contributed by atoms with Crippen molar-refractivity contribution in [1.29, 1.82) is 0 Å². The summed E-state index contributed by atoms with van der Waals surface area (Å²) in [6.07, 6.45) is 9.09. The van der Waals surface area contributed by atoms with Gasteiger partial charge in [-0.3, -0.25) is 0 Å². The molecule has 0 aliphatic heterocycles. The second-order valence-electron chi connectivity index (χ2n) is 8.70. The van der Waals surface area contributed by atoms with Crippen LogP contribution in [0.5, 0.6) is 0 Å². The van der Waals surface area contributed by atoms with Crippen LogP contribution < -0.4 is 9.80 Å². The number of hydrogen-bond acceptors (Lipinski definition) is 1. The monoisotopic (exact) mass is 457 g/mol. The van der Waals surface area contributed by atoms with Crippen LogP contribution in [0.1, 0.15) is 52.7 Å². The average Bonchev–Trinajstić information content (AvgIpc) is 2.89. The van der Waals surface area contributed by atoms with E-state index in [9.17, 15) is 0 Å². The SMILES string of the molecule is CCN(CC)c1ccc(C(=C2C=CC(=[N+](CC)CC)C=C2)c2ccc([NH+](CC)CC)cc2)cc1. The van der Waals surface area contributed by atoms with Gasteiger partial charge in [0.15, 0.2) is 5.71 Å². The maximum atomic E-state index is 2.39. The van der Waals surface area contributed by atoms with E-state index in [1.165, 1.54) is 44.3 Å². The lowest BCUT2D eigenvalue weighted by molar-refractivity contribution is -0.828. The van der Waals surface area contributed by atoms with E-state index < -0.39 is 0 Å². The predicted molar refractivity (Wildman–Crippen MR) is 149 cm³/mol. The Hall–Kier alpha value is -2.91. The predicted octanol–water partition coefficient (Wildman–Crippen LogP) is 5.51. The van der Waals surface area contributed by atoms with Crippen LogP contribution in [0.15, 0.2) is 78.4 Å². The van der Waals surface area contributed by atoms with Crippen molar-refractivity contribution >= 4 is 22.7 Å². The molecule has 0 radical (unpaired) electrons. The first-order valence-corrected chi connectivity index (χ1v) is 13.1. The van der Waals surface area contributed by atoms with Gasteiger partial charge in [0.25, 0.3) is 0 Å². The molecule has 0 spiro atoms. The standard InChI is InChI=1S/C31H42N3/c1-7-32(8-2)28-19-13-25(14-20-28)31(26-15-21-29(22-16-26)33(9-3)10-4)27-17-23-30(24-18-27)34(11-5)12-6/h13-24H,7-12H2,1-6H3/q+1/p+1. The number of benzene rings is 2. The lowest BCUT2D eigenvalue weighted by Gasteiger charge is -2.22. The van der Waals surface area contributed by atoms with Gasteiger partial charge < -0.3 is 9.80 Å². The van der Waals surface area contributed by atoms with Gasteiger partial charge in [0.05, 0.1) is 13.1 Å². The van der Waals surface area contributed by atoms with Gasteiger partial charge in [-0.05, 0) is 112 Å². The Morgan fingerprint density at radius 1 is 0.676 bits per heavy atom. The summed E-state index contributed by atoms with van der Waals surface area (Å²) in [5.74, 6) is 0. The fourth-order valence-electron chi connectivity index (χ4n) is 4.89. The zero-order valence-corrected chi connectivity index (χ0v) is 22.1. The van der Waals surface area contributed by atoms with Gasteiger partial charge in [-0.1, -0.05) is 12.1 Å². The molecule has 1 aliphatic carbocycles. The minimum Gasteiger partial charge on any atom is -0.372 e. The first-order chi connectivity index (χ1) is 16.6. The summed E-state index contributed by atoms with van der Waals surface area (Å²) in [5, 5.41) is 0. The normalized spacial score (nSPS) is 13.0. The molecule has 0 heterocycles. The minimum atomic E-state index is 1.02. The van der Waals surface area contributed by atoms with Gasteiger partial charge in [0, 0.05) is 30.9 Å². The topological polar surface area (TPSA) is 10.7 Å². The molecule has 0 aromatic heterocycles. The Morgan fingerprint density at radius 2 is 1.18 bits per heavy atom. The molecule has 0 fully saturated rings. The highest BCUT2D eigenvalue weighted by Crippen LogP contribution is 2.31. The number of anilines is 1. The third-order valence-electron chi connectivity index (χ3n) is 7.00. The highest BCUT2D eigenvalue weighted by Gasteiger charge is 2.16. The summed E-state index contributed by atoms with van der Waals surface area (Å²) < 4.78 is 2.39. The summed E-state index contributed by atoms with van der Waals surface area (Å²) in [7, 11) is 0. The van der Waals surface area contributed by atoms with Crippen LogP contribution in [0.25, 0.3) is 5.57 Å². The number of nitrogens with zero attached hydrogens (tertiary/aromatic N) is 2. The molecule has 0 bridgehead atoms. The maximum absolute atomic E-state index is 2.39. The molecule has 0 saturated heterocycles. The first-order valence-electron chi connectivity index (χ1n) is 13.1. The van der Waals surface area contributed by atoms with Crippen molar-refractivity contribution in [2.24, 2.45) is 0 Å². The highest BCUT2D eigenvalue weighted by atomic mass is 15.1. The Morgan fingerprint density at radius 3 is 1.62 bits per heavy atom. The van der Waals surface area contributed by atoms with E-state index in [1.54, 1.807) is 0 Å². The van der Waals surface area contributed by atoms with Crippen molar-refractivity contribution in [2.75, 3.05) is 44.2 Å². The molecule has 34 heavy (non-hydrogen) atoms. The fourth-order valence-corrected chi connectivity index (χ4v) is 4.89. The number of rotatable bonds is 10. The van der Waals surface area contributed by atoms with E-state index in [0.29, 0.717) is 0 Å². The molecule has 1 N–H and O–H groups in total. The second-order valence-corrected chi connectivity index (χ2v) is 8.70. The largest absolute Gasteiger partial charge is 0.372 e. The van der Waals surface area contributed by atoms with Gasteiger partial charge in [-0.25, -0.2) is 4.58 Å². The van der Waals surface area contributed by atoms with Crippen molar-refractivity contribution in [1.82, 2.24) is 0 Å². The molecule has 0 unspecified atom stereocenters. The second kappa shape index (κ2) is 12.5. The van der Waals surface area contributed by atoms with E-state index >= 15 is 0 Å². The van der Waals surface area contributed by atoms with Crippen molar-refractivity contribution in [3.8, 4) is 0 Å². The van der Waals surface area contributed by atoms with Gasteiger partial charge in [-0.15, -0.1) is 0 Å². The molecule has 3 nitrogen and oxygen atoms in total. The number of allylic oxidation sites excluding steroid dienone is 5. The van der Waals surface area contributed by atoms with Crippen LogP contribution in [0.3, 0.4) is 0 Å². The van der Waals surface area contributed by atoms with E-state index in [1.807, 2.05) is 0 Å². The van der Waals surface area contributed by atoms with Crippen molar-refractivity contribution in [3.05, 3.63) is 89.5 Å². The molecular formula is C31H43N3+2. The van der Waals surface area contributed by atoms with Crippen molar-refractivity contribution < 1.29 is 9.48 Å². The number of hydrogen-bond donors (Lipinski definition) is 1. The molecule has 3 rings (SSSR count). The van der Waals surface area contributed by atoms with Crippen LogP contribution in [-0.4, -0.2) is 49.6 Å². The Kier molecular flexibility index (Phi) is 9.47. The van der Waals surface area contributed by atoms with Crippen molar-refractivity contribution in [3.63, 3.8) is 0 Å². The third kappa shape index (κ3) is 5.77. The molecule has 2 aromatic rings. The number of quaternary nitrogens is 1. The quantitative estimate of drug-likeness (QED) is 0.463. The molecule has 3 heteroatoms. The van der Waals surface area contributed by atoms with E-state index in [0.717, 1.165) is 39.3 Å². The zero-order chi connectivity index (χ0) is 24.5. The molecule has 1 aliphatic rings. The van der Waals surface area contributed by atoms with Crippen LogP contribution in [0.2, 0.25) is 0 Å². The smallest absolute Gasteiger partial charge is 0.199 e. The fraction of sp³-hybridized carbons (Fsp3) is 0.387. The van der Waals surface area contributed by atoms with E-state index in [2.05, 4.69) is 124 Å². The summed E-state index contributed by atoms with van der Waals surface area (Å²) in [5.41, 5.74) is 9.00. The first kappa shape index (κ1) is 25.7. The third-order valence-corrected chi connectivity index (χ3v) is 7.00. The minimum absolute atomic E-state index is 1.02. The molecule has 180 valence electrons. The zero-order valence-electron chi connectivity index (χ0n) is 22.1. The molecule has 0 amide bonds. The van der Waals surface area contributed by atoms with Gasteiger partial charge in [0.2, 0.25) is 0 Å². The molecule has 0 atom stereocenters. The van der Waals surface area contributed by atoms with Gasteiger partial charge in [-0.2, -0.15) is 0 Å². The van der Waals surface area contributed by atoms with Crippen LogP contribution in [0, 0.1) is 0 Å². The Labute approximate surface area is 207 Å². The summed E-state index contributed by atoms with van der Waals surface area (Å²) in [6.45, 7) is 19.7. The van der Waals surface area contributed by atoms with Gasteiger partial charge in [0.1, 0.15) is 18.8 Å². The van der Waals surface area contributed by atoms with Crippen LogP contribution in [-0.2, 0) is 0 Å².